The van der Waals surface area contributed by atoms with E-state index in [0.29, 0.717) is 13.0 Å². The lowest BCUT2D eigenvalue weighted by atomic mass is 10.3. The number of methoxy groups -OCH3 is 1. The summed E-state index contributed by atoms with van der Waals surface area (Å²) in [5.41, 5.74) is 5.47. The number of carbonyl (C=O) groups is 1. The first-order chi connectivity index (χ1) is 8.51. The maximum atomic E-state index is 11.4. The first kappa shape index (κ1) is 13.9. The number of nitrogens with zero attached hydrogens (tertiary/aromatic N) is 3. The number of aromatic nitrogens is 3. The van der Waals surface area contributed by atoms with Crippen molar-refractivity contribution in [2.75, 3.05) is 24.7 Å². The second kappa shape index (κ2) is 6.58. The fourth-order valence-electron chi connectivity index (χ4n) is 1.22. The molecule has 1 rings (SSSR count). The second-order valence-electron chi connectivity index (χ2n) is 3.90. The molecule has 8 nitrogen and oxygen atoms in total. The Balaban J connectivity index is 2.44. The van der Waals surface area contributed by atoms with Crippen molar-refractivity contribution in [3.05, 3.63) is 0 Å². The molecule has 0 aliphatic rings. The molecule has 1 amide bonds. The number of anilines is 2. The van der Waals surface area contributed by atoms with Gasteiger partial charge in [0.05, 0.1) is 7.11 Å². The Kier molecular flexibility index (Phi) is 5.09. The van der Waals surface area contributed by atoms with Crippen LogP contribution in [-0.4, -0.2) is 40.6 Å². The molecule has 4 N–H and O–H groups in total. The average Bonchev–Trinajstić information content (AvgIpc) is 2.27. The van der Waals surface area contributed by atoms with Crippen molar-refractivity contribution in [3.8, 4) is 6.01 Å². The lowest BCUT2D eigenvalue weighted by Crippen LogP contribution is -2.31. The molecule has 0 fully saturated rings. The normalized spacial score (nSPS) is 10.2. The van der Waals surface area contributed by atoms with Crippen LogP contribution in [0.4, 0.5) is 11.9 Å². The van der Waals surface area contributed by atoms with Gasteiger partial charge in [0.2, 0.25) is 17.8 Å². The van der Waals surface area contributed by atoms with Crippen LogP contribution in [-0.2, 0) is 4.79 Å². The molecule has 0 spiro atoms. The number of hydrogen-bond acceptors (Lipinski definition) is 7. The van der Waals surface area contributed by atoms with Crippen LogP contribution in [0.1, 0.15) is 20.3 Å². The molecule has 18 heavy (non-hydrogen) atoms. The minimum atomic E-state index is -0.0357. The Bertz CT molecular complexity index is 409. The van der Waals surface area contributed by atoms with Crippen molar-refractivity contribution in [3.63, 3.8) is 0 Å². The lowest BCUT2D eigenvalue weighted by Gasteiger charge is -2.09. The van der Waals surface area contributed by atoms with Crippen LogP contribution in [0.2, 0.25) is 0 Å². The molecule has 0 saturated heterocycles. The number of nitrogens with one attached hydrogen (secondary N) is 2. The summed E-state index contributed by atoms with van der Waals surface area (Å²) < 4.78 is 4.85. The van der Waals surface area contributed by atoms with Gasteiger partial charge in [0.15, 0.2) is 0 Å². The highest BCUT2D eigenvalue weighted by Crippen LogP contribution is 2.07. The largest absolute Gasteiger partial charge is 0.467 e. The Morgan fingerprint density at radius 1 is 1.39 bits per heavy atom. The van der Waals surface area contributed by atoms with Gasteiger partial charge in [0.1, 0.15) is 0 Å². The third-order valence-electron chi connectivity index (χ3n) is 1.90. The molecule has 0 saturated carbocycles. The van der Waals surface area contributed by atoms with E-state index in [1.807, 2.05) is 13.8 Å². The Morgan fingerprint density at radius 3 is 2.72 bits per heavy atom. The molecular formula is C10H18N6O2. The number of nitrogens with two attached hydrogens (primary N) is 1. The quantitative estimate of drug-likeness (QED) is 0.643. The van der Waals surface area contributed by atoms with Gasteiger partial charge in [-0.2, -0.15) is 15.0 Å². The van der Waals surface area contributed by atoms with Crippen LogP contribution in [0.25, 0.3) is 0 Å². The maximum Gasteiger partial charge on any atom is 0.322 e. The smallest absolute Gasteiger partial charge is 0.322 e. The molecule has 1 aromatic rings. The third kappa shape index (κ3) is 4.81. The van der Waals surface area contributed by atoms with Crippen molar-refractivity contribution < 1.29 is 9.53 Å². The van der Waals surface area contributed by atoms with E-state index < -0.39 is 0 Å². The highest BCUT2D eigenvalue weighted by molar-refractivity contribution is 5.76. The first-order valence-electron chi connectivity index (χ1n) is 5.60. The van der Waals surface area contributed by atoms with E-state index >= 15 is 0 Å². The Hall–Kier alpha value is -2.12. The third-order valence-corrected chi connectivity index (χ3v) is 1.90. The monoisotopic (exact) mass is 254 g/mol. The number of hydrogen-bond donors (Lipinski definition) is 3. The molecule has 1 aromatic heterocycles. The standard InChI is InChI=1S/C10H18N6O2/c1-6(2)13-7(17)4-5-12-9-14-8(11)15-10(16-9)18-3/h6H,4-5H2,1-3H3,(H,13,17)(H3,11,12,14,15,16). The van der Waals surface area contributed by atoms with E-state index in [-0.39, 0.29) is 29.9 Å². The van der Waals surface area contributed by atoms with Crippen LogP contribution < -0.4 is 21.1 Å². The number of ether oxygens (including phenoxy) is 1. The summed E-state index contributed by atoms with van der Waals surface area (Å²) in [4.78, 5) is 22.9. The summed E-state index contributed by atoms with van der Waals surface area (Å²) in [6.45, 7) is 4.22. The molecular weight excluding hydrogens is 236 g/mol. The number of nitrogen functional groups attached to an aromatic ring is 1. The minimum absolute atomic E-state index is 0.0357. The van der Waals surface area contributed by atoms with Crippen molar-refractivity contribution >= 4 is 17.8 Å². The molecule has 8 heteroatoms. The van der Waals surface area contributed by atoms with E-state index in [0.717, 1.165) is 0 Å². The van der Waals surface area contributed by atoms with Gasteiger partial charge in [-0.1, -0.05) is 0 Å². The van der Waals surface area contributed by atoms with Gasteiger partial charge in [-0.05, 0) is 13.8 Å². The molecule has 1 heterocycles. The number of amides is 1. The molecule has 0 aliphatic carbocycles. The molecule has 0 bridgehead atoms. The summed E-state index contributed by atoms with van der Waals surface area (Å²) in [7, 11) is 1.44. The lowest BCUT2D eigenvalue weighted by molar-refractivity contribution is -0.121. The van der Waals surface area contributed by atoms with Gasteiger partial charge in [0.25, 0.3) is 0 Å². The topological polar surface area (TPSA) is 115 Å². The highest BCUT2D eigenvalue weighted by Gasteiger charge is 2.06. The molecule has 0 aromatic carbocycles. The summed E-state index contributed by atoms with van der Waals surface area (Å²) in [6.07, 6.45) is 0.325. The summed E-state index contributed by atoms with van der Waals surface area (Å²) in [5, 5.41) is 5.66. The van der Waals surface area contributed by atoms with E-state index in [1.165, 1.54) is 7.11 Å². The maximum absolute atomic E-state index is 11.4. The minimum Gasteiger partial charge on any atom is -0.467 e. The zero-order valence-electron chi connectivity index (χ0n) is 10.7. The van der Waals surface area contributed by atoms with Gasteiger partial charge in [-0.15, -0.1) is 0 Å². The summed E-state index contributed by atoms with van der Waals surface area (Å²) in [6, 6.07) is 0.266. The average molecular weight is 254 g/mol. The predicted molar refractivity (Wildman–Crippen MR) is 67.2 cm³/mol. The van der Waals surface area contributed by atoms with Gasteiger partial charge in [-0.3, -0.25) is 4.79 Å². The van der Waals surface area contributed by atoms with Gasteiger partial charge >= 0.3 is 6.01 Å². The fraction of sp³-hybridized carbons (Fsp3) is 0.600. The SMILES string of the molecule is COc1nc(N)nc(NCCC(=O)NC(C)C)n1. The van der Waals surface area contributed by atoms with E-state index in [1.54, 1.807) is 0 Å². The van der Waals surface area contributed by atoms with E-state index in [2.05, 4.69) is 25.6 Å². The first-order valence-corrected chi connectivity index (χ1v) is 5.60. The van der Waals surface area contributed by atoms with Gasteiger partial charge in [-0.25, -0.2) is 0 Å². The van der Waals surface area contributed by atoms with E-state index in [9.17, 15) is 4.79 Å². The molecule has 0 unspecified atom stereocenters. The van der Waals surface area contributed by atoms with Crippen molar-refractivity contribution in [2.45, 2.75) is 26.3 Å². The zero-order valence-corrected chi connectivity index (χ0v) is 10.7. The number of carbonyl (C=O) groups excluding carboxylic acids is 1. The van der Waals surface area contributed by atoms with Crippen LogP contribution in [0.3, 0.4) is 0 Å². The Morgan fingerprint density at radius 2 is 2.11 bits per heavy atom. The second-order valence-corrected chi connectivity index (χ2v) is 3.90. The van der Waals surface area contributed by atoms with Crippen molar-refractivity contribution in [1.29, 1.82) is 0 Å². The predicted octanol–water partition coefficient (Wildman–Crippen LogP) is -0.211. The zero-order chi connectivity index (χ0) is 13.5. The van der Waals surface area contributed by atoms with Crippen molar-refractivity contribution in [2.24, 2.45) is 0 Å². The molecule has 0 radical (unpaired) electrons. The fourth-order valence-corrected chi connectivity index (χ4v) is 1.22. The van der Waals surface area contributed by atoms with Crippen LogP contribution >= 0.6 is 0 Å². The molecule has 0 aliphatic heterocycles. The summed E-state index contributed by atoms with van der Waals surface area (Å²) >= 11 is 0. The van der Waals surface area contributed by atoms with Gasteiger partial charge < -0.3 is 21.1 Å². The summed E-state index contributed by atoms with van der Waals surface area (Å²) in [5.74, 6) is 0.319. The van der Waals surface area contributed by atoms with Crippen LogP contribution in [0.15, 0.2) is 0 Å². The molecule has 100 valence electrons. The van der Waals surface area contributed by atoms with Gasteiger partial charge in [0, 0.05) is 19.0 Å². The van der Waals surface area contributed by atoms with Crippen molar-refractivity contribution in [1.82, 2.24) is 20.3 Å². The number of rotatable bonds is 6. The Labute approximate surface area is 105 Å². The van der Waals surface area contributed by atoms with E-state index in [4.69, 9.17) is 10.5 Å². The van der Waals surface area contributed by atoms with Crippen LogP contribution in [0.5, 0.6) is 6.01 Å². The highest BCUT2D eigenvalue weighted by atomic mass is 16.5. The van der Waals surface area contributed by atoms with Crippen LogP contribution in [0, 0.1) is 0 Å². The molecule has 0 atom stereocenters.